The highest BCUT2D eigenvalue weighted by Crippen LogP contribution is 2.24. The largest absolute Gasteiger partial charge is 0.399 e. The summed E-state index contributed by atoms with van der Waals surface area (Å²) >= 11 is 5.90. The van der Waals surface area contributed by atoms with Gasteiger partial charge in [-0.2, -0.15) is 0 Å². The van der Waals surface area contributed by atoms with E-state index < -0.39 is 17.5 Å². The third-order valence-corrected chi connectivity index (χ3v) is 2.98. The summed E-state index contributed by atoms with van der Waals surface area (Å²) in [5.41, 5.74) is 6.31. The van der Waals surface area contributed by atoms with Gasteiger partial charge in [0.15, 0.2) is 11.6 Å². The number of amides is 1. The van der Waals surface area contributed by atoms with Gasteiger partial charge in [0.05, 0.1) is 17.1 Å². The van der Waals surface area contributed by atoms with Crippen LogP contribution in [0.4, 0.5) is 20.2 Å². The second kappa shape index (κ2) is 5.88. The van der Waals surface area contributed by atoms with Crippen LogP contribution in [0.3, 0.4) is 0 Å². The standard InChI is InChI=1S/C14H11ClF2N2O/c15-10-5-4-9(18)7-12(10)19-13(20)6-8-2-1-3-11(16)14(8)17/h1-5,7H,6,18H2,(H,19,20). The number of hydrogen-bond acceptors (Lipinski definition) is 2. The molecule has 0 saturated heterocycles. The van der Waals surface area contributed by atoms with Crippen LogP contribution in [0, 0.1) is 11.6 Å². The highest BCUT2D eigenvalue weighted by molar-refractivity contribution is 6.33. The van der Waals surface area contributed by atoms with Crippen molar-refractivity contribution in [2.45, 2.75) is 6.42 Å². The fourth-order valence-corrected chi connectivity index (χ4v) is 1.86. The van der Waals surface area contributed by atoms with Crippen LogP contribution in [-0.4, -0.2) is 5.91 Å². The van der Waals surface area contributed by atoms with Crippen molar-refractivity contribution in [3.8, 4) is 0 Å². The highest BCUT2D eigenvalue weighted by Gasteiger charge is 2.12. The molecule has 2 aromatic carbocycles. The fourth-order valence-electron chi connectivity index (χ4n) is 1.69. The molecule has 0 aliphatic heterocycles. The Morgan fingerprint density at radius 2 is 2.00 bits per heavy atom. The summed E-state index contributed by atoms with van der Waals surface area (Å²) in [6.45, 7) is 0. The minimum absolute atomic E-state index is 0.0254. The number of hydrogen-bond donors (Lipinski definition) is 2. The van der Waals surface area contributed by atoms with Gasteiger partial charge in [0.25, 0.3) is 0 Å². The number of nitrogens with one attached hydrogen (secondary N) is 1. The van der Waals surface area contributed by atoms with Crippen molar-refractivity contribution in [3.05, 3.63) is 58.6 Å². The molecule has 0 spiro atoms. The molecule has 0 unspecified atom stereocenters. The van der Waals surface area contributed by atoms with E-state index in [1.165, 1.54) is 24.3 Å². The number of anilines is 2. The van der Waals surface area contributed by atoms with E-state index in [0.29, 0.717) is 16.4 Å². The molecule has 0 fully saturated rings. The molecular weight excluding hydrogens is 286 g/mol. The zero-order valence-electron chi connectivity index (χ0n) is 10.3. The number of halogens is 3. The van der Waals surface area contributed by atoms with Crippen molar-refractivity contribution >= 4 is 28.9 Å². The second-order valence-corrected chi connectivity index (χ2v) is 4.58. The maximum Gasteiger partial charge on any atom is 0.228 e. The Morgan fingerprint density at radius 3 is 2.75 bits per heavy atom. The van der Waals surface area contributed by atoms with Gasteiger partial charge in [-0.25, -0.2) is 8.78 Å². The smallest absolute Gasteiger partial charge is 0.228 e. The Labute approximate surface area is 119 Å². The Kier molecular flexibility index (Phi) is 4.20. The Bertz CT molecular complexity index is 656. The third kappa shape index (κ3) is 3.24. The average molecular weight is 297 g/mol. The first kappa shape index (κ1) is 14.3. The molecule has 0 aliphatic carbocycles. The second-order valence-electron chi connectivity index (χ2n) is 4.18. The van der Waals surface area contributed by atoms with Crippen molar-refractivity contribution in [1.29, 1.82) is 0 Å². The van der Waals surface area contributed by atoms with Gasteiger partial charge in [-0.05, 0) is 24.3 Å². The monoisotopic (exact) mass is 296 g/mol. The van der Waals surface area contributed by atoms with Gasteiger partial charge < -0.3 is 11.1 Å². The summed E-state index contributed by atoms with van der Waals surface area (Å²) < 4.78 is 26.5. The van der Waals surface area contributed by atoms with Crippen LogP contribution in [0.15, 0.2) is 36.4 Å². The molecule has 2 aromatic rings. The van der Waals surface area contributed by atoms with Crippen molar-refractivity contribution in [1.82, 2.24) is 0 Å². The van der Waals surface area contributed by atoms with Gasteiger partial charge in [0.2, 0.25) is 5.91 Å². The normalized spacial score (nSPS) is 10.3. The lowest BCUT2D eigenvalue weighted by Gasteiger charge is -2.08. The van der Waals surface area contributed by atoms with Gasteiger partial charge in [-0.15, -0.1) is 0 Å². The van der Waals surface area contributed by atoms with Crippen LogP contribution in [0.1, 0.15) is 5.56 Å². The van der Waals surface area contributed by atoms with Crippen molar-refractivity contribution in [3.63, 3.8) is 0 Å². The zero-order chi connectivity index (χ0) is 14.7. The number of nitrogens with two attached hydrogens (primary N) is 1. The van der Waals surface area contributed by atoms with Gasteiger partial charge in [-0.3, -0.25) is 4.79 Å². The summed E-state index contributed by atoms with van der Waals surface area (Å²) in [7, 11) is 0. The van der Waals surface area contributed by atoms with E-state index in [4.69, 9.17) is 17.3 Å². The molecule has 0 heterocycles. The summed E-state index contributed by atoms with van der Waals surface area (Å²) in [6, 6.07) is 8.29. The first-order chi connectivity index (χ1) is 9.47. The molecule has 0 aromatic heterocycles. The molecule has 0 atom stereocenters. The molecule has 0 saturated carbocycles. The minimum atomic E-state index is -1.03. The number of rotatable bonds is 3. The molecule has 0 radical (unpaired) electrons. The molecule has 6 heteroatoms. The lowest BCUT2D eigenvalue weighted by atomic mass is 10.1. The van der Waals surface area contributed by atoms with E-state index in [1.807, 2.05) is 0 Å². The van der Waals surface area contributed by atoms with E-state index in [9.17, 15) is 13.6 Å². The quantitative estimate of drug-likeness (QED) is 0.853. The van der Waals surface area contributed by atoms with Gasteiger partial charge >= 0.3 is 0 Å². The van der Waals surface area contributed by atoms with Gasteiger partial charge in [0, 0.05) is 11.3 Å². The lowest BCUT2D eigenvalue weighted by Crippen LogP contribution is -2.16. The van der Waals surface area contributed by atoms with E-state index in [1.54, 1.807) is 6.07 Å². The Morgan fingerprint density at radius 1 is 1.25 bits per heavy atom. The minimum Gasteiger partial charge on any atom is -0.399 e. The average Bonchev–Trinajstić information content (AvgIpc) is 2.39. The predicted molar refractivity (Wildman–Crippen MR) is 74.6 cm³/mol. The molecule has 3 nitrogen and oxygen atoms in total. The summed E-state index contributed by atoms with van der Waals surface area (Å²) in [5, 5.41) is 2.82. The summed E-state index contributed by atoms with van der Waals surface area (Å²) in [4.78, 5) is 11.8. The van der Waals surface area contributed by atoms with Crippen LogP contribution in [0.25, 0.3) is 0 Å². The molecular formula is C14H11ClF2N2O. The van der Waals surface area contributed by atoms with Crippen LogP contribution in [-0.2, 0) is 11.2 Å². The van der Waals surface area contributed by atoms with Crippen LogP contribution in [0.5, 0.6) is 0 Å². The maximum absolute atomic E-state index is 13.4. The van der Waals surface area contributed by atoms with Crippen molar-refractivity contribution in [2.24, 2.45) is 0 Å². The third-order valence-electron chi connectivity index (χ3n) is 2.65. The van der Waals surface area contributed by atoms with Crippen molar-refractivity contribution in [2.75, 3.05) is 11.1 Å². The number of benzene rings is 2. The summed E-state index contributed by atoms with van der Waals surface area (Å²) in [6.07, 6.45) is -0.297. The first-order valence-electron chi connectivity index (χ1n) is 5.75. The molecule has 0 aliphatic rings. The molecule has 3 N–H and O–H groups in total. The zero-order valence-corrected chi connectivity index (χ0v) is 11.0. The van der Waals surface area contributed by atoms with Gasteiger partial charge in [-0.1, -0.05) is 23.7 Å². The highest BCUT2D eigenvalue weighted by atomic mass is 35.5. The Balaban J connectivity index is 2.13. The topological polar surface area (TPSA) is 55.1 Å². The number of nitrogen functional groups attached to an aromatic ring is 1. The first-order valence-corrected chi connectivity index (χ1v) is 6.13. The molecule has 2 rings (SSSR count). The Hall–Kier alpha value is -2.14. The summed E-state index contributed by atoms with van der Waals surface area (Å²) in [5.74, 6) is -2.53. The van der Waals surface area contributed by atoms with Crippen LogP contribution < -0.4 is 11.1 Å². The maximum atomic E-state index is 13.4. The van der Waals surface area contributed by atoms with E-state index >= 15 is 0 Å². The van der Waals surface area contributed by atoms with Crippen LogP contribution in [0.2, 0.25) is 5.02 Å². The molecule has 20 heavy (non-hydrogen) atoms. The molecule has 1 amide bonds. The van der Waals surface area contributed by atoms with E-state index in [0.717, 1.165) is 6.07 Å². The van der Waals surface area contributed by atoms with Crippen molar-refractivity contribution < 1.29 is 13.6 Å². The number of carbonyl (C=O) groups is 1. The molecule has 0 bridgehead atoms. The fraction of sp³-hybridized carbons (Fsp3) is 0.0714. The van der Waals surface area contributed by atoms with Gasteiger partial charge in [0.1, 0.15) is 0 Å². The van der Waals surface area contributed by atoms with E-state index in [-0.39, 0.29) is 12.0 Å². The number of carbonyl (C=O) groups excluding carboxylic acids is 1. The molecule has 104 valence electrons. The van der Waals surface area contributed by atoms with E-state index in [2.05, 4.69) is 5.32 Å². The predicted octanol–water partition coefficient (Wildman–Crippen LogP) is 3.38. The SMILES string of the molecule is Nc1ccc(Cl)c(NC(=O)Cc2cccc(F)c2F)c1. The van der Waals surface area contributed by atoms with Crippen LogP contribution >= 0.6 is 11.6 Å². The lowest BCUT2D eigenvalue weighted by molar-refractivity contribution is -0.115.